The highest BCUT2D eigenvalue weighted by molar-refractivity contribution is 5.75. The smallest absolute Gasteiger partial charge is 0.303 e. The van der Waals surface area contributed by atoms with Crippen LogP contribution in [0.1, 0.15) is 12.8 Å². The summed E-state index contributed by atoms with van der Waals surface area (Å²) in [7, 11) is 12.0. The monoisotopic (exact) mass is 236 g/mol. The van der Waals surface area contributed by atoms with Gasteiger partial charge in [-0.1, -0.05) is 0 Å². The molecule has 0 atom stereocenters. The van der Waals surface area contributed by atoms with Crippen LogP contribution < -0.4 is 0 Å². The molecular weight excluding hydrogens is 212 g/mol. The van der Waals surface area contributed by atoms with Gasteiger partial charge < -0.3 is 20.0 Å². The van der Waals surface area contributed by atoms with Crippen LogP contribution in [0.2, 0.25) is 0 Å². The summed E-state index contributed by atoms with van der Waals surface area (Å²) in [5.74, 6) is -2.15. The third-order valence-corrected chi connectivity index (χ3v) is 0.553. The van der Waals surface area contributed by atoms with Crippen LogP contribution in [0.5, 0.6) is 0 Å². The Labute approximate surface area is 97.5 Å². The van der Waals surface area contributed by atoms with Gasteiger partial charge in [0.25, 0.3) is 0 Å². The normalized spacial score (nSPS) is 8.75. The molecule has 0 rings (SSSR count). The maximum absolute atomic E-state index is 9.64. The van der Waals surface area contributed by atoms with Crippen molar-refractivity contribution >= 4 is 11.9 Å². The van der Waals surface area contributed by atoms with Crippen LogP contribution in [0.4, 0.5) is 0 Å². The largest absolute Gasteiger partial charge is 0.481 e. The van der Waals surface area contributed by atoms with E-state index in [-0.39, 0.29) is 12.8 Å². The van der Waals surface area contributed by atoms with Crippen LogP contribution in [0.25, 0.3) is 0 Å². The predicted molar refractivity (Wildman–Crippen MR) is 63.7 cm³/mol. The summed E-state index contributed by atoms with van der Waals surface area (Å²) in [6.07, 6.45) is -0.593. The zero-order valence-electron chi connectivity index (χ0n) is 11.0. The van der Waals surface area contributed by atoms with Crippen LogP contribution in [0, 0.1) is 0 Å². The fraction of sp³-hybridized carbons (Fsp3) is 0.800. The topological polar surface area (TPSA) is 81.1 Å². The van der Waals surface area contributed by atoms with E-state index in [1.54, 1.807) is 0 Å². The average Bonchev–Trinajstić information content (AvgIpc) is 1.98. The molecule has 98 valence electrons. The fourth-order valence-corrected chi connectivity index (χ4v) is 0.214. The Kier molecular flexibility index (Phi) is 17.6. The zero-order valence-corrected chi connectivity index (χ0v) is 11.0. The minimum absolute atomic E-state index is 0.296. The predicted octanol–water partition coefficient (Wildman–Crippen LogP) is 0.291. The molecule has 0 saturated carbocycles. The van der Waals surface area contributed by atoms with Gasteiger partial charge in [0.05, 0.1) is 12.8 Å². The van der Waals surface area contributed by atoms with Crippen molar-refractivity contribution < 1.29 is 19.8 Å². The number of rotatable bonds is 3. The highest BCUT2D eigenvalue weighted by atomic mass is 16.4. The van der Waals surface area contributed by atoms with Crippen molar-refractivity contribution in [2.24, 2.45) is 0 Å². The standard InChI is InChI=1S/C4H6O4.2C3H9N/c5-3(6)1-2-4(7)8;2*1-4(2)3/h1-2H2,(H,5,6)(H,7,8);2*1-3H3. The molecule has 2 N–H and O–H groups in total. The molecule has 0 aromatic heterocycles. The van der Waals surface area contributed by atoms with E-state index in [4.69, 9.17) is 10.2 Å². The molecular formula is C10H24N2O4. The number of carbonyl (C=O) groups is 2. The lowest BCUT2D eigenvalue weighted by Gasteiger charge is -1.90. The summed E-state index contributed by atoms with van der Waals surface area (Å²) < 4.78 is 0. The van der Waals surface area contributed by atoms with Crippen LogP contribution in [-0.4, -0.2) is 74.2 Å². The molecule has 0 spiro atoms. The molecule has 0 saturated heterocycles. The molecule has 0 fully saturated rings. The second kappa shape index (κ2) is 13.9. The Morgan fingerprint density at radius 2 is 0.875 bits per heavy atom. The molecule has 6 nitrogen and oxygen atoms in total. The summed E-state index contributed by atoms with van der Waals surface area (Å²) >= 11 is 0. The highest BCUT2D eigenvalue weighted by Gasteiger charge is 2.00. The lowest BCUT2D eigenvalue weighted by atomic mass is 10.3. The van der Waals surface area contributed by atoms with E-state index in [2.05, 4.69) is 0 Å². The first-order valence-corrected chi connectivity index (χ1v) is 4.75. The minimum Gasteiger partial charge on any atom is -0.481 e. The number of carboxylic acid groups (broad SMARTS) is 2. The van der Waals surface area contributed by atoms with Gasteiger partial charge in [-0.15, -0.1) is 0 Å². The maximum Gasteiger partial charge on any atom is 0.303 e. The Morgan fingerprint density at radius 1 is 0.750 bits per heavy atom. The van der Waals surface area contributed by atoms with Gasteiger partial charge in [-0.3, -0.25) is 9.59 Å². The molecule has 6 heteroatoms. The molecule has 16 heavy (non-hydrogen) atoms. The van der Waals surface area contributed by atoms with E-state index >= 15 is 0 Å². The highest BCUT2D eigenvalue weighted by Crippen LogP contribution is 1.86. The maximum atomic E-state index is 9.64. The first-order valence-electron chi connectivity index (χ1n) is 4.75. The Hall–Kier alpha value is -1.14. The second-order valence-corrected chi connectivity index (χ2v) is 3.97. The van der Waals surface area contributed by atoms with E-state index in [0.29, 0.717) is 0 Å². The van der Waals surface area contributed by atoms with Crippen LogP contribution >= 0.6 is 0 Å². The summed E-state index contributed by atoms with van der Waals surface area (Å²) in [5.41, 5.74) is 0. The number of nitrogens with zero attached hydrogens (tertiary/aromatic N) is 2. The van der Waals surface area contributed by atoms with Gasteiger partial charge in [0, 0.05) is 0 Å². The van der Waals surface area contributed by atoms with Crippen molar-refractivity contribution in [3.05, 3.63) is 0 Å². The van der Waals surface area contributed by atoms with Gasteiger partial charge in [-0.25, -0.2) is 0 Å². The van der Waals surface area contributed by atoms with Crippen LogP contribution in [-0.2, 0) is 9.59 Å². The molecule has 0 aliphatic heterocycles. The molecule has 0 aliphatic carbocycles. The van der Waals surface area contributed by atoms with Gasteiger partial charge in [-0.2, -0.15) is 0 Å². The first-order chi connectivity index (χ1) is 7.09. The van der Waals surface area contributed by atoms with E-state index in [1.807, 2.05) is 52.1 Å². The Bertz CT molecular complexity index is 156. The Balaban J connectivity index is -0.000000179. The van der Waals surface area contributed by atoms with Crippen molar-refractivity contribution in [2.45, 2.75) is 12.8 Å². The minimum atomic E-state index is -1.08. The molecule has 0 aliphatic rings. The zero-order chi connectivity index (χ0) is 13.7. The lowest BCUT2D eigenvalue weighted by molar-refractivity contribution is -0.143. The number of aliphatic carboxylic acids is 2. The summed E-state index contributed by atoms with van der Waals surface area (Å²) in [6.45, 7) is 0. The molecule has 0 aromatic carbocycles. The van der Waals surface area contributed by atoms with E-state index in [1.165, 1.54) is 0 Å². The van der Waals surface area contributed by atoms with Crippen LogP contribution in [0.15, 0.2) is 0 Å². The third-order valence-electron chi connectivity index (χ3n) is 0.553. The average molecular weight is 236 g/mol. The Morgan fingerprint density at radius 3 is 0.938 bits per heavy atom. The quantitative estimate of drug-likeness (QED) is 0.733. The van der Waals surface area contributed by atoms with Crippen molar-refractivity contribution in [2.75, 3.05) is 42.3 Å². The van der Waals surface area contributed by atoms with Gasteiger partial charge in [0.2, 0.25) is 0 Å². The second-order valence-electron chi connectivity index (χ2n) is 3.97. The summed E-state index contributed by atoms with van der Waals surface area (Å²) in [5, 5.41) is 15.8. The van der Waals surface area contributed by atoms with Gasteiger partial charge in [0.1, 0.15) is 0 Å². The molecule has 0 unspecified atom stereocenters. The third kappa shape index (κ3) is 121. The lowest BCUT2D eigenvalue weighted by Crippen LogP contribution is -2.00. The van der Waals surface area contributed by atoms with Gasteiger partial charge >= 0.3 is 11.9 Å². The van der Waals surface area contributed by atoms with Crippen LogP contribution in [0.3, 0.4) is 0 Å². The molecule has 0 amide bonds. The number of carboxylic acids is 2. The molecule has 0 bridgehead atoms. The summed E-state index contributed by atoms with van der Waals surface area (Å²) in [6, 6.07) is 0. The van der Waals surface area contributed by atoms with Crippen molar-refractivity contribution in [3.63, 3.8) is 0 Å². The van der Waals surface area contributed by atoms with E-state index < -0.39 is 11.9 Å². The fourth-order valence-electron chi connectivity index (χ4n) is 0.214. The van der Waals surface area contributed by atoms with E-state index in [0.717, 1.165) is 0 Å². The van der Waals surface area contributed by atoms with Crippen molar-refractivity contribution in [1.82, 2.24) is 9.80 Å². The number of hydrogen-bond donors (Lipinski definition) is 2. The first kappa shape index (κ1) is 20.3. The van der Waals surface area contributed by atoms with Crippen molar-refractivity contribution in [3.8, 4) is 0 Å². The van der Waals surface area contributed by atoms with Crippen molar-refractivity contribution in [1.29, 1.82) is 0 Å². The summed E-state index contributed by atoms with van der Waals surface area (Å²) in [4.78, 5) is 23.3. The number of hydrogen-bond acceptors (Lipinski definition) is 4. The van der Waals surface area contributed by atoms with Gasteiger partial charge in [-0.05, 0) is 42.3 Å². The molecule has 0 radical (unpaired) electrons. The molecule has 0 aromatic rings. The molecule has 0 heterocycles. The van der Waals surface area contributed by atoms with E-state index in [9.17, 15) is 9.59 Å². The van der Waals surface area contributed by atoms with Gasteiger partial charge in [0.15, 0.2) is 0 Å². The SMILES string of the molecule is CN(C)C.CN(C)C.O=C(O)CCC(=O)O.